The first-order valence-corrected chi connectivity index (χ1v) is 9.31. The number of hydrogen-bond donors (Lipinski definition) is 1. The summed E-state index contributed by atoms with van der Waals surface area (Å²) in [5.41, 5.74) is 1.54. The van der Waals surface area contributed by atoms with Crippen molar-refractivity contribution < 1.29 is 13.2 Å². The van der Waals surface area contributed by atoms with Crippen molar-refractivity contribution in [3.63, 3.8) is 0 Å². The first-order chi connectivity index (χ1) is 11.4. The Morgan fingerprint density at radius 3 is 2.42 bits per heavy atom. The number of hydrogen-bond acceptors (Lipinski definition) is 3. The van der Waals surface area contributed by atoms with Crippen LogP contribution in [0.25, 0.3) is 0 Å². The molecule has 1 saturated carbocycles. The SMILES string of the molecule is CC(=O)Nc1ccc(S(=O)(=O)N(Cc2cccn2C)C2CC2)cc1. The summed E-state index contributed by atoms with van der Waals surface area (Å²) in [5.74, 6) is -0.186. The smallest absolute Gasteiger partial charge is 0.243 e. The van der Waals surface area contributed by atoms with Gasteiger partial charge in [-0.15, -0.1) is 0 Å². The quantitative estimate of drug-likeness (QED) is 0.872. The normalized spacial score (nSPS) is 14.8. The number of amides is 1. The summed E-state index contributed by atoms with van der Waals surface area (Å²) in [5, 5.41) is 2.64. The minimum absolute atomic E-state index is 0.0694. The molecule has 2 aromatic rings. The fourth-order valence-electron chi connectivity index (χ4n) is 2.64. The van der Waals surface area contributed by atoms with E-state index in [0.717, 1.165) is 18.5 Å². The van der Waals surface area contributed by atoms with E-state index >= 15 is 0 Å². The Morgan fingerprint density at radius 2 is 1.92 bits per heavy atom. The molecular weight excluding hydrogens is 326 g/mol. The maximum atomic E-state index is 13.0. The predicted molar refractivity (Wildman–Crippen MR) is 91.9 cm³/mol. The lowest BCUT2D eigenvalue weighted by Crippen LogP contribution is -2.33. The number of nitrogens with one attached hydrogen (secondary N) is 1. The van der Waals surface area contributed by atoms with Gasteiger partial charge in [0.15, 0.2) is 0 Å². The second-order valence-corrected chi connectivity index (χ2v) is 7.99. The molecule has 0 atom stereocenters. The van der Waals surface area contributed by atoms with Gasteiger partial charge in [0.25, 0.3) is 0 Å². The largest absolute Gasteiger partial charge is 0.353 e. The van der Waals surface area contributed by atoms with E-state index in [1.54, 1.807) is 28.6 Å². The Labute approximate surface area is 142 Å². The van der Waals surface area contributed by atoms with E-state index in [9.17, 15) is 13.2 Å². The maximum absolute atomic E-state index is 13.0. The van der Waals surface area contributed by atoms with Crippen LogP contribution >= 0.6 is 0 Å². The van der Waals surface area contributed by atoms with Gasteiger partial charge in [0.2, 0.25) is 15.9 Å². The lowest BCUT2D eigenvalue weighted by atomic mass is 10.3. The second kappa shape index (κ2) is 6.41. The number of carbonyl (C=O) groups is 1. The van der Waals surface area contributed by atoms with Crippen LogP contribution in [0.1, 0.15) is 25.5 Å². The highest BCUT2D eigenvalue weighted by molar-refractivity contribution is 7.89. The van der Waals surface area contributed by atoms with Crippen LogP contribution in [0.4, 0.5) is 5.69 Å². The van der Waals surface area contributed by atoms with Gasteiger partial charge in [0.05, 0.1) is 11.4 Å². The van der Waals surface area contributed by atoms with Crippen molar-refractivity contribution in [3.8, 4) is 0 Å². The molecule has 6 nitrogen and oxygen atoms in total. The summed E-state index contributed by atoms with van der Waals surface area (Å²) in [6.45, 7) is 1.78. The molecule has 0 saturated heterocycles. The Bertz CT molecular complexity index is 836. The van der Waals surface area contributed by atoms with Crippen LogP contribution in [-0.4, -0.2) is 29.2 Å². The molecule has 1 amide bonds. The molecule has 1 aliphatic carbocycles. The molecular formula is C17H21N3O3S. The molecule has 0 radical (unpaired) electrons. The Morgan fingerprint density at radius 1 is 1.25 bits per heavy atom. The van der Waals surface area contributed by atoms with Gasteiger partial charge in [-0.1, -0.05) is 0 Å². The van der Waals surface area contributed by atoms with E-state index in [1.165, 1.54) is 6.92 Å². The van der Waals surface area contributed by atoms with E-state index in [0.29, 0.717) is 12.2 Å². The molecule has 1 aromatic carbocycles. The molecule has 0 bridgehead atoms. The molecule has 1 heterocycles. The van der Waals surface area contributed by atoms with Crippen LogP contribution in [0.15, 0.2) is 47.5 Å². The minimum Gasteiger partial charge on any atom is -0.353 e. The molecule has 1 aromatic heterocycles. The summed E-state index contributed by atoms with van der Waals surface area (Å²) >= 11 is 0. The zero-order valence-corrected chi connectivity index (χ0v) is 14.6. The highest BCUT2D eigenvalue weighted by Crippen LogP contribution is 2.33. The summed E-state index contributed by atoms with van der Waals surface area (Å²) in [4.78, 5) is 11.3. The van der Waals surface area contributed by atoms with Gasteiger partial charge in [-0.05, 0) is 49.2 Å². The van der Waals surface area contributed by atoms with E-state index < -0.39 is 10.0 Å². The second-order valence-electron chi connectivity index (χ2n) is 6.10. The number of aryl methyl sites for hydroxylation is 1. The molecule has 1 fully saturated rings. The Balaban J connectivity index is 1.86. The fourth-order valence-corrected chi connectivity index (χ4v) is 4.30. The molecule has 0 unspecified atom stereocenters. The highest BCUT2D eigenvalue weighted by atomic mass is 32.2. The lowest BCUT2D eigenvalue weighted by molar-refractivity contribution is -0.114. The van der Waals surface area contributed by atoms with Crippen molar-refractivity contribution in [2.75, 3.05) is 5.32 Å². The lowest BCUT2D eigenvalue weighted by Gasteiger charge is -2.22. The maximum Gasteiger partial charge on any atom is 0.243 e. The van der Waals surface area contributed by atoms with E-state index in [2.05, 4.69) is 5.32 Å². The summed E-state index contributed by atoms with van der Waals surface area (Å²) in [6, 6.07) is 10.2. The molecule has 1 N–H and O–H groups in total. The molecule has 3 rings (SSSR count). The Hall–Kier alpha value is -2.12. The highest BCUT2D eigenvalue weighted by Gasteiger charge is 2.38. The third-order valence-corrected chi connectivity index (χ3v) is 6.02. The van der Waals surface area contributed by atoms with Gasteiger partial charge in [-0.3, -0.25) is 4.79 Å². The molecule has 128 valence electrons. The van der Waals surface area contributed by atoms with Crippen molar-refractivity contribution >= 4 is 21.6 Å². The molecule has 24 heavy (non-hydrogen) atoms. The first kappa shape index (κ1) is 16.7. The number of carbonyl (C=O) groups excluding carboxylic acids is 1. The zero-order chi connectivity index (χ0) is 17.3. The monoisotopic (exact) mass is 347 g/mol. The van der Waals surface area contributed by atoms with E-state index in [1.807, 2.05) is 29.9 Å². The van der Waals surface area contributed by atoms with Crippen LogP contribution < -0.4 is 5.32 Å². The average molecular weight is 347 g/mol. The van der Waals surface area contributed by atoms with Crippen molar-refractivity contribution in [2.45, 2.75) is 37.2 Å². The van der Waals surface area contributed by atoms with Crippen molar-refractivity contribution in [2.24, 2.45) is 7.05 Å². The molecule has 7 heteroatoms. The van der Waals surface area contributed by atoms with Gasteiger partial charge >= 0.3 is 0 Å². The van der Waals surface area contributed by atoms with Crippen LogP contribution in [0.3, 0.4) is 0 Å². The molecule has 0 aliphatic heterocycles. The van der Waals surface area contributed by atoms with Crippen molar-refractivity contribution in [1.29, 1.82) is 0 Å². The number of rotatable bonds is 6. The average Bonchev–Trinajstić information content (AvgIpc) is 3.27. The van der Waals surface area contributed by atoms with Crippen LogP contribution in [0.2, 0.25) is 0 Å². The molecule has 0 spiro atoms. The standard InChI is InChI=1S/C17H21N3O3S/c1-13(21)18-14-5-9-17(10-6-14)24(22,23)20(15-7-8-15)12-16-4-3-11-19(16)2/h3-6,9-11,15H,7-8,12H2,1-2H3,(H,18,21). The third-order valence-electron chi connectivity index (χ3n) is 4.10. The summed E-state index contributed by atoms with van der Waals surface area (Å²) < 4.78 is 29.5. The summed E-state index contributed by atoms with van der Waals surface area (Å²) in [6.07, 6.45) is 3.70. The molecule has 1 aliphatic rings. The number of aromatic nitrogens is 1. The van der Waals surface area contributed by atoms with E-state index in [-0.39, 0.29) is 16.8 Å². The Kier molecular flexibility index (Phi) is 4.47. The minimum atomic E-state index is -3.57. The number of nitrogens with zero attached hydrogens (tertiary/aromatic N) is 2. The van der Waals surface area contributed by atoms with Gasteiger partial charge in [-0.25, -0.2) is 8.42 Å². The van der Waals surface area contributed by atoms with Crippen LogP contribution in [-0.2, 0) is 28.4 Å². The van der Waals surface area contributed by atoms with Gasteiger partial charge in [-0.2, -0.15) is 4.31 Å². The van der Waals surface area contributed by atoms with Crippen molar-refractivity contribution in [3.05, 3.63) is 48.3 Å². The van der Waals surface area contributed by atoms with Gasteiger partial charge in [0.1, 0.15) is 0 Å². The van der Waals surface area contributed by atoms with Gasteiger partial charge < -0.3 is 9.88 Å². The predicted octanol–water partition coefficient (Wildman–Crippen LogP) is 2.34. The fraction of sp³-hybridized carbons (Fsp3) is 0.353. The van der Waals surface area contributed by atoms with Crippen LogP contribution in [0, 0.1) is 0 Å². The summed E-state index contributed by atoms with van der Waals surface area (Å²) in [7, 11) is -1.66. The third kappa shape index (κ3) is 3.52. The van der Waals surface area contributed by atoms with Gasteiger partial charge in [0, 0.05) is 37.6 Å². The van der Waals surface area contributed by atoms with E-state index in [4.69, 9.17) is 0 Å². The number of sulfonamides is 1. The first-order valence-electron chi connectivity index (χ1n) is 7.87. The zero-order valence-electron chi connectivity index (χ0n) is 13.8. The van der Waals surface area contributed by atoms with Crippen molar-refractivity contribution in [1.82, 2.24) is 8.87 Å². The number of benzene rings is 1. The van der Waals surface area contributed by atoms with Crippen LogP contribution in [0.5, 0.6) is 0 Å². The number of anilines is 1. The topological polar surface area (TPSA) is 71.4 Å².